The predicted molar refractivity (Wildman–Crippen MR) is 85.7 cm³/mol. The Labute approximate surface area is 138 Å². The minimum atomic E-state index is -3.92. The van der Waals surface area contributed by atoms with Crippen LogP contribution in [0.4, 0.5) is 4.39 Å². The van der Waals surface area contributed by atoms with Crippen LogP contribution in [0.3, 0.4) is 0 Å². The normalized spacial score (nSPS) is 26.1. The summed E-state index contributed by atoms with van der Waals surface area (Å²) < 4.78 is 39.4. The van der Waals surface area contributed by atoms with Gasteiger partial charge >= 0.3 is 5.97 Å². The van der Waals surface area contributed by atoms with Gasteiger partial charge < -0.3 is 10.8 Å². The van der Waals surface area contributed by atoms with Crippen LogP contribution in [0, 0.1) is 11.2 Å². The molecule has 1 fully saturated rings. The molecular formula is C17H16FNO4S. The van der Waals surface area contributed by atoms with Gasteiger partial charge in [0, 0.05) is 12.5 Å². The van der Waals surface area contributed by atoms with E-state index in [1.165, 1.54) is 36.4 Å². The lowest BCUT2D eigenvalue weighted by atomic mass is 9.99. The van der Waals surface area contributed by atoms with Crippen molar-refractivity contribution in [2.75, 3.05) is 6.54 Å². The van der Waals surface area contributed by atoms with Crippen LogP contribution >= 0.6 is 0 Å². The van der Waals surface area contributed by atoms with Gasteiger partial charge in [-0.05, 0) is 29.8 Å². The molecule has 2 aromatic rings. The molecule has 1 saturated carbocycles. The maximum atomic E-state index is 13.5. The summed E-state index contributed by atoms with van der Waals surface area (Å²) in [4.78, 5) is 11.9. The number of hydrogen-bond donors (Lipinski definition) is 2. The molecule has 0 amide bonds. The Hall–Kier alpha value is -2.25. The molecule has 2 aromatic carbocycles. The van der Waals surface area contributed by atoms with Crippen LogP contribution in [0.1, 0.15) is 11.5 Å². The van der Waals surface area contributed by atoms with E-state index in [1.54, 1.807) is 18.2 Å². The highest BCUT2D eigenvalue weighted by atomic mass is 32.2. The average molecular weight is 349 g/mol. The number of rotatable bonds is 5. The molecule has 0 aliphatic heterocycles. The molecule has 0 heterocycles. The topological polar surface area (TPSA) is 97.5 Å². The summed E-state index contributed by atoms with van der Waals surface area (Å²) in [5, 5.41) is 8.42. The van der Waals surface area contributed by atoms with E-state index >= 15 is 0 Å². The van der Waals surface area contributed by atoms with Gasteiger partial charge in [-0.3, -0.25) is 4.79 Å². The Morgan fingerprint density at radius 1 is 1.17 bits per heavy atom. The molecule has 0 unspecified atom stereocenters. The van der Waals surface area contributed by atoms with E-state index in [-0.39, 0.29) is 11.4 Å². The number of carboxylic acids is 1. The van der Waals surface area contributed by atoms with Gasteiger partial charge in [-0.2, -0.15) is 0 Å². The monoisotopic (exact) mass is 349 g/mol. The third-order valence-electron chi connectivity index (χ3n) is 4.61. The van der Waals surface area contributed by atoms with Gasteiger partial charge in [0.1, 0.15) is 11.2 Å². The van der Waals surface area contributed by atoms with Gasteiger partial charge in [0.15, 0.2) is 9.84 Å². The summed E-state index contributed by atoms with van der Waals surface area (Å²) in [5.41, 5.74) is 4.34. The number of halogens is 1. The van der Waals surface area contributed by atoms with Crippen molar-refractivity contribution < 1.29 is 22.7 Å². The standard InChI is InChI=1S/C17H16FNO4S/c18-12-6-4-5-11(9-12)14-15(17(14,10-19)16(20)21)24(22,23)13-7-2-1-3-8-13/h1-9,14-15H,10,19H2,(H,20,21)/t14-,15+,17-/m1/s1. The lowest BCUT2D eigenvalue weighted by molar-refractivity contribution is -0.143. The quantitative estimate of drug-likeness (QED) is 0.858. The van der Waals surface area contributed by atoms with Gasteiger partial charge in [0.05, 0.1) is 10.1 Å². The first kappa shape index (κ1) is 16.6. The third-order valence-corrected chi connectivity index (χ3v) is 6.90. The fourth-order valence-electron chi connectivity index (χ4n) is 3.37. The molecule has 0 radical (unpaired) electrons. The Morgan fingerprint density at radius 3 is 2.38 bits per heavy atom. The first-order valence-corrected chi connectivity index (χ1v) is 8.88. The molecule has 3 N–H and O–H groups in total. The van der Waals surface area contributed by atoms with Crippen molar-refractivity contribution in [2.45, 2.75) is 16.1 Å². The molecule has 1 aliphatic carbocycles. The van der Waals surface area contributed by atoms with Crippen LogP contribution in [0.25, 0.3) is 0 Å². The zero-order chi connectivity index (χ0) is 17.5. The van der Waals surface area contributed by atoms with E-state index in [0.29, 0.717) is 5.56 Å². The Morgan fingerprint density at radius 2 is 1.83 bits per heavy atom. The third kappa shape index (κ3) is 2.32. The Kier molecular flexibility index (Phi) is 3.93. The highest BCUT2D eigenvalue weighted by Gasteiger charge is 2.75. The summed E-state index contributed by atoms with van der Waals surface area (Å²) in [7, 11) is -3.92. The number of sulfone groups is 1. The largest absolute Gasteiger partial charge is 0.481 e. The fourth-order valence-corrected chi connectivity index (χ4v) is 5.78. The van der Waals surface area contributed by atoms with Crippen molar-refractivity contribution in [3.63, 3.8) is 0 Å². The maximum Gasteiger partial charge on any atom is 0.312 e. The van der Waals surface area contributed by atoms with Crippen molar-refractivity contribution in [2.24, 2.45) is 11.1 Å². The molecular weight excluding hydrogens is 333 g/mol. The summed E-state index contributed by atoms with van der Waals surface area (Å²) >= 11 is 0. The summed E-state index contributed by atoms with van der Waals surface area (Å²) in [6.45, 7) is -0.347. The van der Waals surface area contributed by atoms with E-state index in [4.69, 9.17) is 5.73 Å². The van der Waals surface area contributed by atoms with E-state index in [9.17, 15) is 22.7 Å². The second-order valence-corrected chi connectivity index (χ2v) is 7.93. The summed E-state index contributed by atoms with van der Waals surface area (Å²) in [5.74, 6) is -2.73. The van der Waals surface area contributed by atoms with Crippen LogP contribution in [-0.4, -0.2) is 31.3 Å². The number of aliphatic carboxylic acids is 1. The molecule has 3 rings (SSSR count). The second kappa shape index (κ2) is 5.68. The van der Waals surface area contributed by atoms with Gasteiger partial charge in [-0.1, -0.05) is 30.3 Å². The van der Waals surface area contributed by atoms with E-state index < -0.39 is 38.2 Å². The highest BCUT2D eigenvalue weighted by molar-refractivity contribution is 7.92. The zero-order valence-electron chi connectivity index (χ0n) is 12.6. The smallest absolute Gasteiger partial charge is 0.312 e. The molecule has 5 nitrogen and oxygen atoms in total. The van der Waals surface area contributed by atoms with Crippen molar-refractivity contribution in [1.82, 2.24) is 0 Å². The molecule has 3 atom stereocenters. The lowest BCUT2D eigenvalue weighted by Gasteiger charge is -2.10. The number of carboxylic acid groups (broad SMARTS) is 1. The van der Waals surface area contributed by atoms with Crippen molar-refractivity contribution in [3.05, 3.63) is 66.0 Å². The van der Waals surface area contributed by atoms with E-state index in [2.05, 4.69) is 0 Å². The number of benzene rings is 2. The van der Waals surface area contributed by atoms with Gasteiger partial charge in [0.25, 0.3) is 0 Å². The lowest BCUT2D eigenvalue weighted by Crippen LogP contribution is -2.31. The van der Waals surface area contributed by atoms with Crippen LogP contribution < -0.4 is 5.73 Å². The van der Waals surface area contributed by atoms with Gasteiger partial charge in [-0.25, -0.2) is 12.8 Å². The summed E-state index contributed by atoms with van der Waals surface area (Å²) in [6, 6.07) is 13.0. The van der Waals surface area contributed by atoms with Crippen molar-refractivity contribution in [3.8, 4) is 0 Å². The zero-order valence-corrected chi connectivity index (χ0v) is 13.4. The first-order chi connectivity index (χ1) is 11.4. The van der Waals surface area contributed by atoms with Gasteiger partial charge in [-0.15, -0.1) is 0 Å². The molecule has 7 heteroatoms. The second-order valence-electron chi connectivity index (χ2n) is 5.86. The maximum absolute atomic E-state index is 13.5. The molecule has 0 bridgehead atoms. The predicted octanol–water partition coefficient (Wildman–Crippen LogP) is 1.80. The van der Waals surface area contributed by atoms with Crippen LogP contribution in [0.2, 0.25) is 0 Å². The van der Waals surface area contributed by atoms with Crippen molar-refractivity contribution >= 4 is 15.8 Å². The van der Waals surface area contributed by atoms with Crippen LogP contribution in [-0.2, 0) is 14.6 Å². The molecule has 24 heavy (non-hydrogen) atoms. The van der Waals surface area contributed by atoms with E-state index in [0.717, 1.165) is 0 Å². The number of nitrogens with two attached hydrogens (primary N) is 1. The minimum Gasteiger partial charge on any atom is -0.481 e. The van der Waals surface area contributed by atoms with Crippen LogP contribution in [0.5, 0.6) is 0 Å². The molecule has 0 spiro atoms. The minimum absolute atomic E-state index is 0.0352. The van der Waals surface area contributed by atoms with Crippen LogP contribution in [0.15, 0.2) is 59.5 Å². The fraction of sp³-hybridized carbons (Fsp3) is 0.235. The molecule has 0 aromatic heterocycles. The average Bonchev–Trinajstić information content (AvgIpc) is 3.27. The first-order valence-electron chi connectivity index (χ1n) is 7.33. The Bertz CT molecular complexity index is 884. The van der Waals surface area contributed by atoms with E-state index in [1.807, 2.05) is 0 Å². The number of carbonyl (C=O) groups is 1. The Balaban J connectivity index is 2.13. The molecule has 0 saturated heterocycles. The summed E-state index contributed by atoms with van der Waals surface area (Å²) in [6.07, 6.45) is 0. The molecule has 1 aliphatic rings. The number of hydrogen-bond acceptors (Lipinski definition) is 4. The van der Waals surface area contributed by atoms with Gasteiger partial charge in [0.2, 0.25) is 0 Å². The highest BCUT2D eigenvalue weighted by Crippen LogP contribution is 2.63. The van der Waals surface area contributed by atoms with Crippen molar-refractivity contribution in [1.29, 1.82) is 0 Å². The SMILES string of the molecule is NC[C@@]1(C(=O)O)[C@H](c2cccc(F)c2)[C@@H]1S(=O)(=O)c1ccccc1. The molecule has 126 valence electrons.